The summed E-state index contributed by atoms with van der Waals surface area (Å²) in [6.07, 6.45) is 0. The average molecular weight is 124 g/mol. The van der Waals surface area contributed by atoms with E-state index in [1.807, 2.05) is 0 Å². The van der Waals surface area contributed by atoms with Gasteiger partial charge in [0.2, 0.25) is 0 Å². The van der Waals surface area contributed by atoms with Gasteiger partial charge in [0.25, 0.3) is 0 Å². The summed E-state index contributed by atoms with van der Waals surface area (Å²) in [5, 5.41) is 0. The predicted octanol–water partition coefficient (Wildman–Crippen LogP) is -0.621. The fourth-order valence-corrected chi connectivity index (χ4v) is 0. The number of hydrogen-bond acceptors (Lipinski definition) is 0. The third kappa shape index (κ3) is 11.5. The van der Waals surface area contributed by atoms with E-state index in [9.17, 15) is 0 Å². The molecule has 0 spiro atoms. The van der Waals surface area contributed by atoms with Crippen molar-refractivity contribution in [2.75, 3.05) is 0 Å². The molecule has 0 aromatic heterocycles. The first-order chi connectivity index (χ1) is 0. The Morgan fingerprint density at radius 3 is 0.750 bits per heavy atom. The smallest absolute Gasteiger partial charge is 2.00 e. The predicted molar refractivity (Wildman–Crippen MR) is 7.13 cm³/mol. The summed E-state index contributed by atoms with van der Waals surface area (Å²) in [5.41, 5.74) is 0. The van der Waals surface area contributed by atoms with Crippen LogP contribution in [-0.4, -0.2) is 17.4 Å². The Morgan fingerprint density at radius 2 is 0.750 bits per heavy atom. The number of hydrogen-bond donors (Lipinski definition) is 0. The fraction of sp³-hybridized carbons (Fsp3) is 0. The molecule has 0 aromatic carbocycles. The van der Waals surface area contributed by atoms with Gasteiger partial charge in [0, 0.05) is 0 Å². The van der Waals surface area contributed by atoms with E-state index in [0.717, 1.165) is 0 Å². The van der Waals surface area contributed by atoms with Gasteiger partial charge in [-0.15, -0.1) is 0 Å². The van der Waals surface area contributed by atoms with E-state index in [1.54, 1.807) is 0 Å². The molecule has 0 amide bonds. The molecule has 0 rings (SSSR count). The maximum Gasteiger partial charge on any atom is 3.00 e. The van der Waals surface area contributed by atoms with Crippen molar-refractivity contribution < 1.29 is 30.4 Å². The Hall–Kier alpha value is 1.08. The van der Waals surface area contributed by atoms with E-state index in [2.05, 4.69) is 0 Å². The summed E-state index contributed by atoms with van der Waals surface area (Å²) < 4.78 is 0. The molecule has 0 aliphatic carbocycles. The van der Waals surface area contributed by atoms with Crippen LogP contribution in [0.4, 0.5) is 0 Å². The second-order valence-electron chi connectivity index (χ2n) is 0. The quantitative estimate of drug-likeness (QED) is 0.387. The second kappa shape index (κ2) is 33.3. The zero-order valence-electron chi connectivity index (χ0n) is 2.10. The van der Waals surface area contributed by atoms with Crippen molar-refractivity contribution in [3.05, 3.63) is 0 Å². The first-order valence-corrected chi connectivity index (χ1v) is 0. The molecule has 0 N–H and O–H groups in total. The summed E-state index contributed by atoms with van der Waals surface area (Å²) in [6, 6.07) is 0. The molecule has 0 saturated heterocycles. The van der Waals surface area contributed by atoms with Crippen molar-refractivity contribution in [1.29, 1.82) is 0 Å². The summed E-state index contributed by atoms with van der Waals surface area (Å²) in [5.74, 6) is 0. The first-order valence-electron chi connectivity index (χ1n) is 0. The van der Waals surface area contributed by atoms with E-state index >= 15 is 0 Å². The van der Waals surface area contributed by atoms with Crippen LogP contribution in [0.25, 0.3) is 0 Å². The first kappa shape index (κ1) is 72.9. The topological polar surface area (TPSA) is 57.0 Å². The Balaban J connectivity index is 0. The van der Waals surface area contributed by atoms with Crippen LogP contribution in [0, 0.1) is 0 Å². The van der Waals surface area contributed by atoms with Crippen LogP contribution < -0.4 is 0 Å². The normalized spacial score (nSPS) is 0. The molecule has 0 atom stereocenters. The van der Waals surface area contributed by atoms with Crippen LogP contribution in [0.5, 0.6) is 0 Å². The molecule has 16 valence electrons. The van der Waals surface area contributed by atoms with Crippen molar-refractivity contribution in [3.63, 3.8) is 0 Å². The van der Waals surface area contributed by atoms with Crippen molar-refractivity contribution in [3.8, 4) is 0 Å². The van der Waals surface area contributed by atoms with Gasteiger partial charge >= 0.3 is 36.8 Å². The molecular formula is AlO2Zn+. The zero-order valence-corrected chi connectivity index (χ0v) is 6.22. The molecule has 0 saturated carbocycles. The van der Waals surface area contributed by atoms with E-state index < -0.39 is 0 Å². The van der Waals surface area contributed by atoms with Crippen molar-refractivity contribution in [1.82, 2.24) is 0 Å². The minimum atomic E-state index is 0. The van der Waals surface area contributed by atoms with Gasteiger partial charge in [-0.1, -0.05) is 0 Å². The minimum absolute atomic E-state index is 0. The maximum atomic E-state index is 0. The SMILES string of the molecule is [Al+3].[O-2].[O-2].[Zn+2]. The molecule has 0 heterocycles. The number of rotatable bonds is 0. The molecule has 0 aromatic rings. The zero-order chi connectivity index (χ0) is 0. The third-order valence-electron chi connectivity index (χ3n) is 0. The van der Waals surface area contributed by atoms with Gasteiger partial charge in [0.15, 0.2) is 0 Å². The fourth-order valence-electron chi connectivity index (χ4n) is 0. The van der Waals surface area contributed by atoms with Crippen LogP contribution >= 0.6 is 0 Å². The van der Waals surface area contributed by atoms with Crippen LogP contribution in [0.3, 0.4) is 0 Å². The van der Waals surface area contributed by atoms with Gasteiger partial charge < -0.3 is 11.0 Å². The molecule has 2 nitrogen and oxygen atoms in total. The monoisotopic (exact) mass is 123 g/mol. The maximum absolute atomic E-state index is 0. The largest absolute Gasteiger partial charge is 3.00 e. The molecule has 0 aliphatic rings. The van der Waals surface area contributed by atoms with E-state index in [0.29, 0.717) is 0 Å². The third-order valence-corrected chi connectivity index (χ3v) is 0. The van der Waals surface area contributed by atoms with Gasteiger partial charge in [-0.25, -0.2) is 0 Å². The molecule has 0 unspecified atom stereocenters. The van der Waals surface area contributed by atoms with E-state index in [4.69, 9.17) is 0 Å². The van der Waals surface area contributed by atoms with Gasteiger partial charge in [-0.2, -0.15) is 0 Å². The van der Waals surface area contributed by atoms with Crippen LogP contribution in [0.1, 0.15) is 0 Å². The van der Waals surface area contributed by atoms with Gasteiger partial charge in [0.1, 0.15) is 0 Å². The molecule has 0 fully saturated rings. The molecule has 4 heavy (non-hydrogen) atoms. The average Bonchev–Trinajstić information content (AvgIpc) is 0. The molecule has 0 radical (unpaired) electrons. The summed E-state index contributed by atoms with van der Waals surface area (Å²) in [4.78, 5) is 0. The van der Waals surface area contributed by atoms with Gasteiger partial charge in [0.05, 0.1) is 0 Å². The van der Waals surface area contributed by atoms with E-state index in [-0.39, 0.29) is 47.8 Å². The Morgan fingerprint density at radius 1 is 0.750 bits per heavy atom. The summed E-state index contributed by atoms with van der Waals surface area (Å²) in [6.45, 7) is 0. The molecular weight excluding hydrogens is 124 g/mol. The van der Waals surface area contributed by atoms with Crippen LogP contribution in [0.2, 0.25) is 0 Å². The Bertz CT molecular complexity index is 6.00. The Kier molecular flexibility index (Phi) is 607. The summed E-state index contributed by atoms with van der Waals surface area (Å²) >= 11 is 0. The van der Waals surface area contributed by atoms with Crippen molar-refractivity contribution in [2.24, 2.45) is 0 Å². The molecule has 0 aliphatic heterocycles. The van der Waals surface area contributed by atoms with Crippen LogP contribution in [0.15, 0.2) is 0 Å². The standard InChI is InChI=1S/Al.2O.Zn/q+3;2*-2;+2. The van der Waals surface area contributed by atoms with Crippen molar-refractivity contribution >= 4 is 17.4 Å². The second-order valence-corrected chi connectivity index (χ2v) is 0. The molecule has 0 bridgehead atoms. The molecule has 4 heteroatoms. The minimum Gasteiger partial charge on any atom is -2.00 e. The van der Waals surface area contributed by atoms with Crippen molar-refractivity contribution in [2.45, 2.75) is 0 Å². The Labute approximate surface area is 48.1 Å². The van der Waals surface area contributed by atoms with Crippen LogP contribution in [-0.2, 0) is 30.4 Å². The van der Waals surface area contributed by atoms with E-state index in [1.165, 1.54) is 0 Å². The van der Waals surface area contributed by atoms with Gasteiger partial charge in [-0.05, 0) is 0 Å². The van der Waals surface area contributed by atoms with Gasteiger partial charge in [-0.3, -0.25) is 0 Å². The summed E-state index contributed by atoms with van der Waals surface area (Å²) in [7, 11) is 0.